The molecule has 0 atom stereocenters. The van der Waals surface area contributed by atoms with Crippen LogP contribution in [-0.2, 0) is 0 Å². The summed E-state index contributed by atoms with van der Waals surface area (Å²) in [4.78, 5) is 5.42. The minimum absolute atomic E-state index is 0.225. The fourth-order valence-corrected chi connectivity index (χ4v) is 5.61. The predicted molar refractivity (Wildman–Crippen MR) is 142 cm³/mol. The van der Waals surface area contributed by atoms with Crippen molar-refractivity contribution < 1.29 is 0 Å². The van der Waals surface area contributed by atoms with Crippen LogP contribution in [0.1, 0.15) is 44.1 Å². The van der Waals surface area contributed by atoms with Gasteiger partial charge in [-0.2, -0.15) is 0 Å². The Bertz CT molecular complexity index is 981. The fourth-order valence-electron chi connectivity index (χ4n) is 5.61. The lowest BCUT2D eigenvalue weighted by atomic mass is 9.37. The summed E-state index contributed by atoms with van der Waals surface area (Å²) >= 11 is 0. The third-order valence-electron chi connectivity index (χ3n) is 7.20. The number of hydrogen-bond donors (Lipinski definition) is 0. The zero-order valence-electron chi connectivity index (χ0n) is 19.7. The van der Waals surface area contributed by atoms with Crippen molar-refractivity contribution in [2.45, 2.75) is 38.5 Å². The molecule has 0 radical (unpaired) electrons. The third-order valence-corrected chi connectivity index (χ3v) is 7.20. The summed E-state index contributed by atoms with van der Waals surface area (Å²) in [5.41, 5.74) is 7.08. The number of likely N-dealkylation sites (tertiary alicyclic amines) is 2. The molecule has 2 saturated heterocycles. The monoisotopic (exact) mass is 434 g/mol. The van der Waals surface area contributed by atoms with Crippen LogP contribution in [0.3, 0.4) is 0 Å². The van der Waals surface area contributed by atoms with Crippen LogP contribution in [0.5, 0.6) is 0 Å². The lowest BCUT2D eigenvalue weighted by molar-refractivity contribution is 0.283. The summed E-state index contributed by atoms with van der Waals surface area (Å²) < 4.78 is 0. The van der Waals surface area contributed by atoms with Gasteiger partial charge in [-0.05, 0) is 44.1 Å². The van der Waals surface area contributed by atoms with Crippen molar-refractivity contribution >= 4 is 23.3 Å². The molecule has 2 nitrogen and oxygen atoms in total. The highest BCUT2D eigenvalue weighted by Crippen LogP contribution is 2.31. The van der Waals surface area contributed by atoms with E-state index in [0.717, 1.165) is 26.2 Å². The minimum atomic E-state index is 0.225. The molecule has 0 unspecified atom stereocenters. The standard InChI is InChI=1S/C30H35BN2/c1-6-16-26(17-7-1)29(32-22-12-4-13-23-32)30(33-24-14-5-15-25-33)31(27-18-8-2-9-19-27)28-20-10-3-11-21-28/h1-3,6-11,16-21H,4-5,12-15,22-25H2/b30-29-. The molecule has 0 aliphatic carbocycles. The Hall–Kier alpha value is -2.94. The summed E-state index contributed by atoms with van der Waals surface area (Å²) in [6.07, 6.45) is 7.81. The summed E-state index contributed by atoms with van der Waals surface area (Å²) in [6, 6.07) is 33.5. The van der Waals surface area contributed by atoms with E-state index in [4.69, 9.17) is 0 Å². The Kier molecular flexibility index (Phi) is 7.16. The van der Waals surface area contributed by atoms with Crippen LogP contribution >= 0.6 is 0 Å². The zero-order chi connectivity index (χ0) is 22.3. The van der Waals surface area contributed by atoms with E-state index in [1.165, 1.54) is 66.3 Å². The Morgan fingerprint density at radius 2 is 0.909 bits per heavy atom. The SMILES string of the molecule is c1ccc(B(/C(=C(\c2ccccc2)N2CCCCC2)N2CCCCC2)c2ccccc2)cc1. The van der Waals surface area contributed by atoms with Crippen LogP contribution in [0.4, 0.5) is 0 Å². The van der Waals surface area contributed by atoms with Gasteiger partial charge in [0.05, 0.1) is 5.70 Å². The highest BCUT2D eigenvalue weighted by molar-refractivity contribution is 6.91. The topological polar surface area (TPSA) is 6.48 Å². The van der Waals surface area contributed by atoms with Gasteiger partial charge in [-0.1, -0.05) is 102 Å². The average Bonchev–Trinajstić information content (AvgIpc) is 2.91. The fraction of sp³-hybridized carbons (Fsp3) is 0.333. The Labute approximate surface area is 200 Å². The Balaban J connectivity index is 1.77. The normalized spacial score (nSPS) is 17.5. The predicted octanol–water partition coefficient (Wildman–Crippen LogP) is 5.18. The van der Waals surface area contributed by atoms with E-state index >= 15 is 0 Å². The maximum Gasteiger partial charge on any atom is 0.264 e. The first-order valence-corrected chi connectivity index (χ1v) is 12.8. The summed E-state index contributed by atoms with van der Waals surface area (Å²) in [5, 5.41) is 0. The highest BCUT2D eigenvalue weighted by atomic mass is 15.2. The summed E-state index contributed by atoms with van der Waals surface area (Å²) in [6.45, 7) is 4.82. The van der Waals surface area contributed by atoms with Crippen molar-refractivity contribution in [1.82, 2.24) is 9.80 Å². The molecule has 0 spiro atoms. The van der Waals surface area contributed by atoms with Gasteiger partial charge in [-0.3, -0.25) is 0 Å². The molecule has 2 aliphatic heterocycles. The van der Waals surface area contributed by atoms with E-state index in [1.54, 1.807) is 0 Å². The van der Waals surface area contributed by atoms with Crippen molar-refractivity contribution in [2.75, 3.05) is 26.2 Å². The first kappa shape index (κ1) is 21.9. The summed E-state index contributed by atoms with van der Waals surface area (Å²) in [5.74, 6) is 0. The van der Waals surface area contributed by atoms with Crippen molar-refractivity contribution in [2.24, 2.45) is 0 Å². The van der Waals surface area contributed by atoms with Gasteiger partial charge in [-0.25, -0.2) is 0 Å². The van der Waals surface area contributed by atoms with Crippen LogP contribution in [0.2, 0.25) is 0 Å². The van der Waals surface area contributed by atoms with Crippen LogP contribution in [0.15, 0.2) is 96.6 Å². The van der Waals surface area contributed by atoms with Gasteiger partial charge in [0.2, 0.25) is 0 Å². The van der Waals surface area contributed by atoms with Gasteiger partial charge in [0.25, 0.3) is 6.71 Å². The lowest BCUT2D eigenvalue weighted by Crippen LogP contribution is -2.52. The molecule has 5 rings (SSSR count). The molecule has 2 fully saturated rings. The average molecular weight is 434 g/mol. The number of hydrogen-bond acceptors (Lipinski definition) is 2. The molecule has 0 N–H and O–H groups in total. The molecule has 2 aliphatic rings. The molecule has 168 valence electrons. The van der Waals surface area contributed by atoms with Crippen molar-refractivity contribution in [3.63, 3.8) is 0 Å². The van der Waals surface area contributed by atoms with Crippen molar-refractivity contribution in [3.05, 3.63) is 102 Å². The molecule has 2 heterocycles. The number of nitrogens with zero attached hydrogens (tertiary/aromatic N) is 2. The second kappa shape index (κ2) is 10.8. The van der Waals surface area contributed by atoms with Crippen LogP contribution in [0, 0.1) is 0 Å². The molecule has 0 aromatic heterocycles. The Morgan fingerprint density at radius 3 is 1.39 bits per heavy atom. The molecule has 3 heteroatoms. The number of piperidine rings is 2. The van der Waals surface area contributed by atoms with E-state index < -0.39 is 0 Å². The second-order valence-corrected chi connectivity index (χ2v) is 9.45. The van der Waals surface area contributed by atoms with Gasteiger partial charge in [0, 0.05) is 31.8 Å². The summed E-state index contributed by atoms with van der Waals surface area (Å²) in [7, 11) is 0. The first-order chi connectivity index (χ1) is 16.4. The molecular formula is C30H35BN2. The largest absolute Gasteiger partial charge is 0.380 e. The van der Waals surface area contributed by atoms with E-state index in [9.17, 15) is 0 Å². The highest BCUT2D eigenvalue weighted by Gasteiger charge is 2.34. The minimum Gasteiger partial charge on any atom is -0.380 e. The molecule has 3 aromatic carbocycles. The molecule has 3 aromatic rings. The Morgan fingerprint density at radius 1 is 0.485 bits per heavy atom. The maximum absolute atomic E-state index is 2.73. The third kappa shape index (κ3) is 5.03. The van der Waals surface area contributed by atoms with Crippen LogP contribution in [0.25, 0.3) is 5.70 Å². The van der Waals surface area contributed by atoms with Crippen molar-refractivity contribution in [3.8, 4) is 0 Å². The van der Waals surface area contributed by atoms with Crippen LogP contribution < -0.4 is 10.9 Å². The van der Waals surface area contributed by atoms with Gasteiger partial charge in [0.1, 0.15) is 0 Å². The van der Waals surface area contributed by atoms with Crippen LogP contribution in [-0.4, -0.2) is 42.7 Å². The van der Waals surface area contributed by atoms with Gasteiger partial charge in [0.15, 0.2) is 0 Å². The van der Waals surface area contributed by atoms with E-state index in [1.807, 2.05) is 0 Å². The van der Waals surface area contributed by atoms with Gasteiger partial charge < -0.3 is 9.80 Å². The lowest BCUT2D eigenvalue weighted by Gasteiger charge is -2.41. The van der Waals surface area contributed by atoms with Gasteiger partial charge in [-0.15, -0.1) is 0 Å². The van der Waals surface area contributed by atoms with E-state index in [-0.39, 0.29) is 6.71 Å². The first-order valence-electron chi connectivity index (χ1n) is 12.8. The molecule has 0 bridgehead atoms. The molecule has 33 heavy (non-hydrogen) atoms. The molecule has 0 saturated carbocycles. The quantitative estimate of drug-likeness (QED) is 0.494. The molecule has 0 amide bonds. The second-order valence-electron chi connectivity index (χ2n) is 9.45. The van der Waals surface area contributed by atoms with Gasteiger partial charge >= 0.3 is 0 Å². The zero-order valence-corrected chi connectivity index (χ0v) is 19.7. The number of rotatable bonds is 6. The molecular weight excluding hydrogens is 399 g/mol. The van der Waals surface area contributed by atoms with Crippen molar-refractivity contribution in [1.29, 1.82) is 0 Å². The number of benzene rings is 3. The maximum atomic E-state index is 2.73. The van der Waals surface area contributed by atoms with E-state index in [2.05, 4.69) is 101 Å². The van der Waals surface area contributed by atoms with E-state index in [0.29, 0.717) is 0 Å². The smallest absolute Gasteiger partial charge is 0.264 e.